The van der Waals surface area contributed by atoms with Crippen LogP contribution in [0.15, 0.2) is 41.3 Å². The zero-order valence-corrected chi connectivity index (χ0v) is 10.6. The van der Waals surface area contributed by atoms with E-state index in [1.807, 2.05) is 30.3 Å². The molecule has 0 amide bonds. The van der Waals surface area contributed by atoms with Gasteiger partial charge in [0.05, 0.1) is 6.20 Å². The van der Waals surface area contributed by atoms with E-state index in [0.29, 0.717) is 22.4 Å². The third-order valence-electron chi connectivity index (χ3n) is 3.29. The molecule has 0 fully saturated rings. The molecular formula is C13H10N6O. The van der Waals surface area contributed by atoms with Crippen molar-refractivity contribution in [3.05, 3.63) is 46.9 Å². The van der Waals surface area contributed by atoms with Crippen LogP contribution in [0, 0.1) is 0 Å². The molecule has 1 N–H and O–H groups in total. The van der Waals surface area contributed by atoms with Crippen LogP contribution in [0.2, 0.25) is 0 Å². The van der Waals surface area contributed by atoms with Gasteiger partial charge in [0.25, 0.3) is 5.56 Å². The van der Waals surface area contributed by atoms with Crippen LogP contribution in [0.1, 0.15) is 0 Å². The van der Waals surface area contributed by atoms with Crippen molar-refractivity contribution in [3.8, 4) is 11.3 Å². The van der Waals surface area contributed by atoms with Gasteiger partial charge in [0.1, 0.15) is 11.1 Å². The summed E-state index contributed by atoms with van der Waals surface area (Å²) in [5, 5.41) is 11.7. The standard InChI is InChI=1S/C13H10N6O/c1-18-13-9(7-14-18)12(20)15-11-10(16-17-19(11)13)8-5-3-2-4-6-8/h2-7,17H,1H3. The van der Waals surface area contributed by atoms with Crippen molar-refractivity contribution in [1.82, 2.24) is 29.6 Å². The van der Waals surface area contributed by atoms with Crippen molar-refractivity contribution in [1.29, 1.82) is 0 Å². The maximum absolute atomic E-state index is 12.1. The highest BCUT2D eigenvalue weighted by atomic mass is 16.1. The number of aromatic nitrogens is 6. The molecule has 0 aliphatic carbocycles. The van der Waals surface area contributed by atoms with Crippen LogP contribution < -0.4 is 5.56 Å². The number of fused-ring (bicyclic) bond motifs is 3. The number of hydrogen-bond donors (Lipinski definition) is 1. The van der Waals surface area contributed by atoms with Crippen molar-refractivity contribution in [2.45, 2.75) is 0 Å². The Morgan fingerprint density at radius 2 is 2.00 bits per heavy atom. The minimum absolute atomic E-state index is 0.299. The molecule has 20 heavy (non-hydrogen) atoms. The lowest BCUT2D eigenvalue weighted by Gasteiger charge is -1.99. The highest BCUT2D eigenvalue weighted by Crippen LogP contribution is 2.21. The molecule has 1 aromatic carbocycles. The van der Waals surface area contributed by atoms with Gasteiger partial charge in [0, 0.05) is 12.6 Å². The summed E-state index contributed by atoms with van der Waals surface area (Å²) in [6.45, 7) is 0. The molecule has 3 aromatic heterocycles. The van der Waals surface area contributed by atoms with Gasteiger partial charge in [-0.2, -0.15) is 15.2 Å². The predicted molar refractivity (Wildman–Crippen MR) is 73.3 cm³/mol. The van der Waals surface area contributed by atoms with E-state index in [1.54, 1.807) is 16.2 Å². The Labute approximate surface area is 112 Å². The van der Waals surface area contributed by atoms with E-state index in [4.69, 9.17) is 0 Å². The average Bonchev–Trinajstić information content (AvgIpc) is 3.04. The molecule has 0 aliphatic rings. The Bertz CT molecular complexity index is 979. The van der Waals surface area contributed by atoms with E-state index in [2.05, 4.69) is 20.4 Å². The zero-order valence-electron chi connectivity index (χ0n) is 10.6. The molecule has 4 rings (SSSR count). The smallest absolute Gasteiger partial charge is 0.266 e. The van der Waals surface area contributed by atoms with Gasteiger partial charge in [-0.3, -0.25) is 9.48 Å². The van der Waals surface area contributed by atoms with Crippen LogP contribution in [0.5, 0.6) is 0 Å². The minimum Gasteiger partial charge on any atom is -0.266 e. The monoisotopic (exact) mass is 266 g/mol. The Morgan fingerprint density at radius 1 is 1.20 bits per heavy atom. The molecule has 0 aliphatic heterocycles. The van der Waals surface area contributed by atoms with Crippen molar-refractivity contribution in [2.24, 2.45) is 7.05 Å². The summed E-state index contributed by atoms with van der Waals surface area (Å²) in [7, 11) is 1.78. The molecular weight excluding hydrogens is 256 g/mol. The SMILES string of the molecule is Cn1ncc2c(=O)nc3c(-c4ccccc4)n[nH]n3c21. The molecule has 0 bridgehead atoms. The van der Waals surface area contributed by atoms with E-state index in [9.17, 15) is 4.79 Å². The number of aromatic amines is 1. The van der Waals surface area contributed by atoms with Crippen LogP contribution in [-0.4, -0.2) is 29.6 Å². The van der Waals surface area contributed by atoms with Crippen LogP contribution >= 0.6 is 0 Å². The highest BCUT2D eigenvalue weighted by Gasteiger charge is 2.15. The van der Waals surface area contributed by atoms with Crippen molar-refractivity contribution >= 4 is 16.7 Å². The summed E-state index contributed by atoms with van der Waals surface area (Å²) >= 11 is 0. The number of H-pyrrole nitrogens is 1. The van der Waals surface area contributed by atoms with Crippen molar-refractivity contribution < 1.29 is 0 Å². The molecule has 0 spiro atoms. The van der Waals surface area contributed by atoms with Crippen LogP contribution in [-0.2, 0) is 7.05 Å². The van der Waals surface area contributed by atoms with Gasteiger partial charge in [-0.15, -0.1) is 0 Å². The van der Waals surface area contributed by atoms with E-state index < -0.39 is 0 Å². The second-order valence-corrected chi connectivity index (χ2v) is 4.51. The number of nitrogens with one attached hydrogen (secondary N) is 1. The molecule has 98 valence electrons. The fourth-order valence-corrected chi connectivity index (χ4v) is 2.35. The van der Waals surface area contributed by atoms with Gasteiger partial charge >= 0.3 is 0 Å². The first-order valence-electron chi connectivity index (χ1n) is 6.10. The Balaban J connectivity index is 2.17. The molecule has 0 saturated heterocycles. The summed E-state index contributed by atoms with van der Waals surface area (Å²) in [6.07, 6.45) is 1.51. The lowest BCUT2D eigenvalue weighted by Crippen LogP contribution is -2.10. The Morgan fingerprint density at radius 3 is 2.80 bits per heavy atom. The lowest BCUT2D eigenvalue weighted by molar-refractivity contribution is 0.753. The number of hydrogen-bond acceptors (Lipinski definition) is 4. The number of benzene rings is 1. The molecule has 0 saturated carbocycles. The maximum Gasteiger partial charge on any atom is 0.284 e. The number of nitrogens with zero attached hydrogens (tertiary/aromatic N) is 5. The summed E-state index contributed by atoms with van der Waals surface area (Å²) in [4.78, 5) is 16.2. The normalized spacial score (nSPS) is 11.4. The summed E-state index contributed by atoms with van der Waals surface area (Å²) in [5.41, 5.74) is 2.39. The second kappa shape index (κ2) is 3.77. The fraction of sp³-hybridized carbons (Fsp3) is 0.0769. The molecule has 4 aromatic rings. The first-order valence-corrected chi connectivity index (χ1v) is 6.10. The van der Waals surface area contributed by atoms with E-state index in [-0.39, 0.29) is 5.56 Å². The van der Waals surface area contributed by atoms with E-state index in [0.717, 1.165) is 5.56 Å². The third-order valence-corrected chi connectivity index (χ3v) is 3.29. The van der Waals surface area contributed by atoms with Crippen LogP contribution in [0.4, 0.5) is 0 Å². The minimum atomic E-state index is -0.299. The quantitative estimate of drug-likeness (QED) is 0.556. The van der Waals surface area contributed by atoms with Crippen LogP contribution in [0.3, 0.4) is 0 Å². The number of aryl methyl sites for hydroxylation is 1. The van der Waals surface area contributed by atoms with Crippen LogP contribution in [0.25, 0.3) is 27.9 Å². The van der Waals surface area contributed by atoms with Gasteiger partial charge in [0.2, 0.25) is 0 Å². The second-order valence-electron chi connectivity index (χ2n) is 4.51. The van der Waals surface area contributed by atoms with Gasteiger partial charge in [-0.1, -0.05) is 30.3 Å². The van der Waals surface area contributed by atoms with Gasteiger partial charge in [0.15, 0.2) is 11.3 Å². The van der Waals surface area contributed by atoms with Gasteiger partial charge in [-0.05, 0) is 0 Å². The largest absolute Gasteiger partial charge is 0.284 e. The molecule has 7 heteroatoms. The Kier molecular flexibility index (Phi) is 2.06. The first-order chi connectivity index (χ1) is 9.75. The zero-order chi connectivity index (χ0) is 13.7. The summed E-state index contributed by atoms with van der Waals surface area (Å²) in [6, 6.07) is 9.62. The molecule has 3 heterocycles. The highest BCUT2D eigenvalue weighted by molar-refractivity contribution is 5.81. The number of rotatable bonds is 1. The Hall–Kier alpha value is -2.96. The average molecular weight is 266 g/mol. The van der Waals surface area contributed by atoms with Crippen molar-refractivity contribution in [3.63, 3.8) is 0 Å². The first kappa shape index (κ1) is 10.9. The molecule has 0 atom stereocenters. The third kappa shape index (κ3) is 1.34. The molecule has 0 radical (unpaired) electrons. The maximum atomic E-state index is 12.1. The lowest BCUT2D eigenvalue weighted by atomic mass is 10.2. The van der Waals surface area contributed by atoms with Crippen molar-refractivity contribution in [2.75, 3.05) is 0 Å². The van der Waals surface area contributed by atoms with E-state index in [1.165, 1.54) is 6.20 Å². The van der Waals surface area contributed by atoms with Gasteiger partial charge < -0.3 is 0 Å². The molecule has 7 nitrogen and oxygen atoms in total. The van der Waals surface area contributed by atoms with Gasteiger partial charge in [-0.25, -0.2) is 9.73 Å². The molecule has 0 unspecified atom stereocenters. The van der Waals surface area contributed by atoms with E-state index >= 15 is 0 Å². The topological polar surface area (TPSA) is 80.9 Å². The summed E-state index contributed by atoms with van der Waals surface area (Å²) in [5.74, 6) is 0. The summed E-state index contributed by atoms with van der Waals surface area (Å²) < 4.78 is 3.30. The fourth-order valence-electron chi connectivity index (χ4n) is 2.35. The predicted octanol–water partition coefficient (Wildman–Crippen LogP) is 0.971.